The number of benzene rings is 3. The van der Waals surface area contributed by atoms with E-state index in [0.29, 0.717) is 17.3 Å². The van der Waals surface area contributed by atoms with Gasteiger partial charge in [-0.3, -0.25) is 9.69 Å². The number of likely N-dealkylation sites (N-methyl/N-ethyl adjacent to an activating group) is 1. The van der Waals surface area contributed by atoms with E-state index < -0.39 is 0 Å². The Morgan fingerprint density at radius 1 is 1.03 bits per heavy atom. The fourth-order valence-corrected chi connectivity index (χ4v) is 3.87. The Kier molecular flexibility index (Phi) is 6.12. The summed E-state index contributed by atoms with van der Waals surface area (Å²) >= 11 is 0. The second-order valence-corrected chi connectivity index (χ2v) is 7.76. The van der Waals surface area contributed by atoms with E-state index in [9.17, 15) is 9.90 Å². The van der Waals surface area contributed by atoms with Gasteiger partial charge in [0.05, 0.1) is 5.69 Å². The number of nitrogens with zero attached hydrogens (tertiary/aromatic N) is 1. The van der Waals surface area contributed by atoms with Gasteiger partial charge < -0.3 is 15.7 Å². The summed E-state index contributed by atoms with van der Waals surface area (Å²) in [7, 11) is 2.01. The van der Waals surface area contributed by atoms with Gasteiger partial charge in [-0.2, -0.15) is 0 Å². The van der Waals surface area contributed by atoms with Crippen molar-refractivity contribution in [3.63, 3.8) is 0 Å². The highest BCUT2D eigenvalue weighted by atomic mass is 16.3. The third kappa shape index (κ3) is 4.70. The van der Waals surface area contributed by atoms with Crippen molar-refractivity contribution in [3.05, 3.63) is 83.9 Å². The van der Waals surface area contributed by atoms with Gasteiger partial charge >= 0.3 is 0 Å². The molecule has 3 N–H and O–H groups in total. The Bertz CT molecular complexity index is 1000. The predicted molar refractivity (Wildman–Crippen MR) is 121 cm³/mol. The molecule has 0 spiro atoms. The van der Waals surface area contributed by atoms with E-state index in [1.54, 1.807) is 12.1 Å². The van der Waals surface area contributed by atoms with Gasteiger partial charge in [0.25, 0.3) is 5.91 Å². The summed E-state index contributed by atoms with van der Waals surface area (Å²) in [6.07, 6.45) is 1.17. The van der Waals surface area contributed by atoms with Gasteiger partial charge in [0, 0.05) is 31.2 Å². The summed E-state index contributed by atoms with van der Waals surface area (Å²) < 4.78 is 0. The molecule has 4 rings (SSSR count). The molecule has 0 aromatic heterocycles. The van der Waals surface area contributed by atoms with Crippen LogP contribution in [0.25, 0.3) is 11.1 Å². The molecule has 1 aliphatic heterocycles. The predicted octanol–water partition coefficient (Wildman–Crippen LogP) is 4.11. The first-order valence-electron chi connectivity index (χ1n) is 10.3. The second kappa shape index (κ2) is 9.11. The molecule has 5 heteroatoms. The van der Waals surface area contributed by atoms with Crippen LogP contribution >= 0.6 is 0 Å². The van der Waals surface area contributed by atoms with Crippen LogP contribution in [0.15, 0.2) is 72.8 Å². The molecule has 0 radical (unpaired) electrons. The lowest BCUT2D eigenvalue weighted by Gasteiger charge is -2.16. The number of carbonyl (C=O) groups is 1. The minimum atomic E-state index is -0.238. The summed E-state index contributed by atoms with van der Waals surface area (Å²) in [5.41, 5.74) is 4.12. The van der Waals surface area contributed by atoms with E-state index in [0.717, 1.165) is 30.8 Å². The lowest BCUT2D eigenvalue weighted by Crippen LogP contribution is -2.29. The standard InChI is InChI=1S/C25H27N3O2/c1-26-22-13-14-28(17-22)16-18-7-9-20(10-8-18)25(30)27-23-15-21(11-12-24(23)29)19-5-3-2-4-6-19/h2-12,15,22,26,29H,13-14,16-17H2,1H3,(H,27,30). The molecule has 0 aliphatic carbocycles. The third-order valence-corrected chi connectivity index (χ3v) is 5.65. The van der Waals surface area contributed by atoms with Gasteiger partial charge in [-0.05, 0) is 54.4 Å². The summed E-state index contributed by atoms with van der Waals surface area (Å²) in [5, 5.41) is 16.4. The van der Waals surface area contributed by atoms with Crippen LogP contribution in [0.2, 0.25) is 0 Å². The SMILES string of the molecule is CNC1CCN(Cc2ccc(C(=O)Nc3cc(-c4ccccc4)ccc3O)cc2)C1. The summed E-state index contributed by atoms with van der Waals surface area (Å²) in [6.45, 7) is 3.03. The zero-order chi connectivity index (χ0) is 20.9. The van der Waals surface area contributed by atoms with Crippen molar-refractivity contribution in [2.75, 3.05) is 25.5 Å². The van der Waals surface area contributed by atoms with Crippen molar-refractivity contribution in [3.8, 4) is 16.9 Å². The number of hydrogen-bond donors (Lipinski definition) is 3. The number of aromatic hydroxyl groups is 1. The average molecular weight is 402 g/mol. The number of phenols is 1. The molecule has 30 heavy (non-hydrogen) atoms. The van der Waals surface area contributed by atoms with Crippen LogP contribution in [0.4, 0.5) is 5.69 Å². The van der Waals surface area contributed by atoms with Crippen LogP contribution < -0.4 is 10.6 Å². The van der Waals surface area contributed by atoms with Gasteiger partial charge in [0.1, 0.15) is 5.75 Å². The Labute approximate surface area is 177 Å². The van der Waals surface area contributed by atoms with Crippen LogP contribution in [0.1, 0.15) is 22.3 Å². The maximum atomic E-state index is 12.7. The number of nitrogens with one attached hydrogen (secondary N) is 2. The van der Waals surface area contributed by atoms with Gasteiger partial charge in [-0.1, -0.05) is 48.5 Å². The number of phenolic OH excluding ortho intramolecular Hbond substituents is 1. The van der Waals surface area contributed by atoms with Gasteiger partial charge in [0.15, 0.2) is 0 Å². The van der Waals surface area contributed by atoms with E-state index in [2.05, 4.69) is 15.5 Å². The minimum absolute atomic E-state index is 0.0489. The van der Waals surface area contributed by atoms with Crippen molar-refractivity contribution in [2.45, 2.75) is 19.0 Å². The lowest BCUT2D eigenvalue weighted by atomic mass is 10.0. The topological polar surface area (TPSA) is 64.6 Å². The second-order valence-electron chi connectivity index (χ2n) is 7.76. The van der Waals surface area contributed by atoms with Gasteiger partial charge in [0.2, 0.25) is 0 Å². The zero-order valence-electron chi connectivity index (χ0n) is 17.1. The largest absolute Gasteiger partial charge is 0.506 e. The highest BCUT2D eigenvalue weighted by molar-refractivity contribution is 6.05. The van der Waals surface area contributed by atoms with Crippen molar-refractivity contribution in [1.29, 1.82) is 0 Å². The number of anilines is 1. The molecule has 1 atom stereocenters. The highest BCUT2D eigenvalue weighted by Crippen LogP contribution is 2.30. The first-order chi connectivity index (χ1) is 14.6. The van der Waals surface area contributed by atoms with E-state index in [1.165, 1.54) is 12.0 Å². The highest BCUT2D eigenvalue weighted by Gasteiger charge is 2.20. The average Bonchev–Trinajstić information content (AvgIpc) is 3.24. The van der Waals surface area contributed by atoms with Crippen LogP contribution in [0.3, 0.4) is 0 Å². The Hall–Kier alpha value is -3.15. The fraction of sp³-hybridized carbons (Fsp3) is 0.240. The smallest absolute Gasteiger partial charge is 0.255 e. The zero-order valence-corrected chi connectivity index (χ0v) is 17.1. The fourth-order valence-electron chi connectivity index (χ4n) is 3.87. The maximum absolute atomic E-state index is 12.7. The van der Waals surface area contributed by atoms with Crippen molar-refractivity contribution < 1.29 is 9.90 Å². The van der Waals surface area contributed by atoms with Crippen molar-refractivity contribution in [2.24, 2.45) is 0 Å². The number of carbonyl (C=O) groups excluding carboxylic acids is 1. The number of amides is 1. The molecule has 0 saturated carbocycles. The molecule has 154 valence electrons. The first-order valence-corrected chi connectivity index (χ1v) is 10.3. The monoisotopic (exact) mass is 401 g/mol. The van der Waals surface area contributed by atoms with E-state index in [1.807, 2.05) is 67.7 Å². The normalized spacial score (nSPS) is 16.5. The molecular formula is C25H27N3O2. The summed E-state index contributed by atoms with van der Waals surface area (Å²) in [5.74, 6) is -0.189. The van der Waals surface area contributed by atoms with Gasteiger partial charge in [-0.25, -0.2) is 0 Å². The van der Waals surface area contributed by atoms with Gasteiger partial charge in [-0.15, -0.1) is 0 Å². The van der Waals surface area contributed by atoms with Crippen LogP contribution in [0.5, 0.6) is 5.75 Å². The molecule has 1 amide bonds. The lowest BCUT2D eigenvalue weighted by molar-refractivity contribution is 0.102. The first kappa shape index (κ1) is 20.1. The van der Waals surface area contributed by atoms with Crippen molar-refractivity contribution >= 4 is 11.6 Å². The third-order valence-electron chi connectivity index (χ3n) is 5.65. The van der Waals surface area contributed by atoms with E-state index in [-0.39, 0.29) is 11.7 Å². The van der Waals surface area contributed by atoms with Crippen LogP contribution in [-0.4, -0.2) is 42.1 Å². The maximum Gasteiger partial charge on any atom is 0.255 e. The molecule has 1 fully saturated rings. The minimum Gasteiger partial charge on any atom is -0.506 e. The van der Waals surface area contributed by atoms with Crippen LogP contribution in [0, 0.1) is 0 Å². The molecule has 3 aromatic carbocycles. The molecule has 5 nitrogen and oxygen atoms in total. The summed E-state index contributed by atoms with van der Waals surface area (Å²) in [4.78, 5) is 15.1. The molecular weight excluding hydrogens is 374 g/mol. The molecule has 0 bridgehead atoms. The molecule has 1 heterocycles. The Morgan fingerprint density at radius 3 is 2.50 bits per heavy atom. The summed E-state index contributed by atoms with van der Waals surface area (Å²) in [6, 6.07) is 23.4. The quantitative estimate of drug-likeness (QED) is 0.544. The van der Waals surface area contributed by atoms with Crippen LogP contribution in [-0.2, 0) is 6.54 Å². The number of likely N-dealkylation sites (tertiary alicyclic amines) is 1. The van der Waals surface area contributed by atoms with E-state index >= 15 is 0 Å². The van der Waals surface area contributed by atoms with E-state index in [4.69, 9.17) is 0 Å². The van der Waals surface area contributed by atoms with Crippen molar-refractivity contribution in [1.82, 2.24) is 10.2 Å². The number of rotatable bonds is 6. The number of hydrogen-bond acceptors (Lipinski definition) is 4. The molecule has 1 unspecified atom stereocenters. The molecule has 3 aromatic rings. The Balaban J connectivity index is 1.43. The molecule has 1 saturated heterocycles. The Morgan fingerprint density at radius 2 is 1.80 bits per heavy atom. The molecule has 1 aliphatic rings.